The molecule has 1 aromatic carbocycles. The molecule has 0 saturated carbocycles. The van der Waals surface area contributed by atoms with Crippen molar-refractivity contribution in [3.05, 3.63) is 64.7 Å². The summed E-state index contributed by atoms with van der Waals surface area (Å²) in [6.45, 7) is 4.29. The van der Waals surface area contributed by atoms with E-state index in [-0.39, 0.29) is 17.6 Å². The van der Waals surface area contributed by atoms with E-state index >= 15 is 0 Å². The number of anilines is 1. The van der Waals surface area contributed by atoms with Crippen molar-refractivity contribution >= 4 is 34.0 Å². The fraction of sp³-hybridized carbons (Fsp3) is 0.227. The predicted octanol–water partition coefficient (Wildman–Crippen LogP) is 5.22. The molecule has 30 heavy (non-hydrogen) atoms. The molecule has 5 nitrogen and oxygen atoms in total. The third kappa shape index (κ3) is 2.90. The fourth-order valence-electron chi connectivity index (χ4n) is 3.90. The molecule has 152 valence electrons. The van der Waals surface area contributed by atoms with Crippen LogP contribution in [0.15, 0.2) is 41.9 Å². The highest BCUT2D eigenvalue weighted by molar-refractivity contribution is 7.13. The molecular formula is C22H18F2N4OS. The summed E-state index contributed by atoms with van der Waals surface area (Å²) in [6.07, 6.45) is 1.99. The second kappa shape index (κ2) is 6.98. The zero-order valence-electron chi connectivity index (χ0n) is 16.4. The van der Waals surface area contributed by atoms with Gasteiger partial charge in [-0.3, -0.25) is 4.79 Å². The number of carbonyl (C=O) groups is 1. The highest BCUT2D eigenvalue weighted by Gasteiger charge is 2.30. The molecule has 1 amide bonds. The van der Waals surface area contributed by atoms with Gasteiger partial charge in [-0.1, -0.05) is 6.07 Å². The molecule has 0 bridgehead atoms. The monoisotopic (exact) mass is 424 g/mol. The third-order valence-corrected chi connectivity index (χ3v) is 6.21. The van der Waals surface area contributed by atoms with Crippen molar-refractivity contribution in [1.29, 1.82) is 0 Å². The molecule has 5 rings (SSSR count). The highest BCUT2D eigenvalue weighted by Crippen LogP contribution is 2.35. The number of fused-ring (bicyclic) bond motifs is 2. The van der Waals surface area contributed by atoms with Crippen LogP contribution in [0.3, 0.4) is 0 Å². The Bertz CT molecular complexity index is 1280. The first-order valence-electron chi connectivity index (χ1n) is 9.66. The largest absolute Gasteiger partial charge is 0.308 e. The highest BCUT2D eigenvalue weighted by atomic mass is 32.1. The van der Waals surface area contributed by atoms with E-state index in [2.05, 4.69) is 5.10 Å². The second-order valence-electron chi connectivity index (χ2n) is 7.54. The average molecular weight is 424 g/mol. The molecule has 0 saturated heterocycles. The summed E-state index contributed by atoms with van der Waals surface area (Å²) in [4.78, 5) is 20.7. The summed E-state index contributed by atoms with van der Waals surface area (Å²) in [6, 6.07) is 7.76. The Hall–Kier alpha value is -3.13. The van der Waals surface area contributed by atoms with Crippen molar-refractivity contribution in [3.8, 4) is 10.6 Å². The number of pyridine rings is 1. The van der Waals surface area contributed by atoms with Gasteiger partial charge in [-0.05, 0) is 43.8 Å². The Morgan fingerprint density at radius 3 is 2.80 bits per heavy atom. The van der Waals surface area contributed by atoms with Crippen LogP contribution in [-0.2, 0) is 6.42 Å². The number of hydrogen-bond acceptors (Lipinski definition) is 4. The molecule has 0 radical (unpaired) electrons. The van der Waals surface area contributed by atoms with Crippen molar-refractivity contribution in [2.75, 3.05) is 11.4 Å². The van der Waals surface area contributed by atoms with Gasteiger partial charge < -0.3 is 4.90 Å². The van der Waals surface area contributed by atoms with E-state index < -0.39 is 11.6 Å². The van der Waals surface area contributed by atoms with E-state index in [1.165, 1.54) is 22.3 Å². The van der Waals surface area contributed by atoms with Crippen molar-refractivity contribution in [3.63, 3.8) is 0 Å². The van der Waals surface area contributed by atoms with Gasteiger partial charge in [-0.15, -0.1) is 11.3 Å². The second-order valence-corrected chi connectivity index (χ2v) is 8.49. The van der Waals surface area contributed by atoms with Crippen LogP contribution in [0.1, 0.15) is 35.8 Å². The van der Waals surface area contributed by atoms with Crippen molar-refractivity contribution < 1.29 is 13.6 Å². The van der Waals surface area contributed by atoms with E-state index in [0.717, 1.165) is 10.9 Å². The fourth-order valence-corrected chi connectivity index (χ4v) is 4.59. The van der Waals surface area contributed by atoms with Gasteiger partial charge in [0.25, 0.3) is 5.91 Å². The number of rotatable bonds is 3. The molecule has 1 aliphatic heterocycles. The summed E-state index contributed by atoms with van der Waals surface area (Å²) in [7, 11) is 0. The van der Waals surface area contributed by atoms with Crippen LogP contribution in [0.2, 0.25) is 0 Å². The van der Waals surface area contributed by atoms with Crippen LogP contribution in [-0.4, -0.2) is 27.2 Å². The SMILES string of the molecule is CC(C)n1ncc2c(C(=O)N3CCc4c(F)cc(F)cc43)cc(-c3cccs3)nc21. The Balaban J connectivity index is 1.69. The molecule has 4 heterocycles. The quantitative estimate of drug-likeness (QED) is 0.453. The van der Waals surface area contributed by atoms with Crippen molar-refractivity contribution in [1.82, 2.24) is 14.8 Å². The molecule has 1 aliphatic rings. The van der Waals surface area contributed by atoms with Gasteiger partial charge in [-0.25, -0.2) is 18.4 Å². The lowest BCUT2D eigenvalue weighted by Gasteiger charge is -2.18. The number of nitrogens with zero attached hydrogens (tertiary/aromatic N) is 4. The van der Waals surface area contributed by atoms with Crippen LogP contribution in [0.4, 0.5) is 14.5 Å². The molecule has 0 N–H and O–H groups in total. The zero-order valence-corrected chi connectivity index (χ0v) is 17.2. The van der Waals surface area contributed by atoms with E-state index in [9.17, 15) is 13.6 Å². The van der Waals surface area contributed by atoms with Gasteiger partial charge >= 0.3 is 0 Å². The maximum Gasteiger partial charge on any atom is 0.259 e. The van der Waals surface area contributed by atoms with E-state index in [1.807, 2.05) is 31.4 Å². The zero-order chi connectivity index (χ0) is 21.0. The van der Waals surface area contributed by atoms with Crippen LogP contribution >= 0.6 is 11.3 Å². The standard InChI is InChI=1S/C22H18F2N4OS/c1-12(2)28-21-16(11-25-28)15(10-18(26-21)20-4-3-7-30-20)22(29)27-6-5-14-17(24)8-13(23)9-19(14)27/h3-4,7-12H,5-6H2,1-2H3. The molecule has 0 unspecified atom stereocenters. The molecule has 0 atom stereocenters. The molecule has 3 aromatic heterocycles. The number of hydrogen-bond donors (Lipinski definition) is 0. The Morgan fingerprint density at radius 1 is 1.23 bits per heavy atom. The number of aromatic nitrogens is 3. The smallest absolute Gasteiger partial charge is 0.259 e. The van der Waals surface area contributed by atoms with Gasteiger partial charge in [0.15, 0.2) is 5.65 Å². The van der Waals surface area contributed by atoms with Crippen LogP contribution < -0.4 is 4.90 Å². The first kappa shape index (κ1) is 18.9. The summed E-state index contributed by atoms with van der Waals surface area (Å²) >= 11 is 1.53. The molecule has 8 heteroatoms. The number of thiophene rings is 1. The van der Waals surface area contributed by atoms with Crippen LogP contribution in [0, 0.1) is 11.6 Å². The topological polar surface area (TPSA) is 51.0 Å². The molecule has 4 aromatic rings. The normalized spacial score (nSPS) is 13.4. The van der Waals surface area contributed by atoms with Gasteiger partial charge in [0, 0.05) is 24.2 Å². The van der Waals surface area contributed by atoms with E-state index in [1.54, 1.807) is 16.9 Å². The van der Waals surface area contributed by atoms with Crippen LogP contribution in [0.5, 0.6) is 0 Å². The van der Waals surface area contributed by atoms with Crippen molar-refractivity contribution in [2.24, 2.45) is 0 Å². The van der Waals surface area contributed by atoms with Gasteiger partial charge in [0.05, 0.1) is 33.4 Å². The first-order chi connectivity index (χ1) is 14.4. The molecular weight excluding hydrogens is 406 g/mol. The minimum Gasteiger partial charge on any atom is -0.308 e. The Labute approximate surface area is 175 Å². The van der Waals surface area contributed by atoms with Gasteiger partial charge in [0.1, 0.15) is 11.6 Å². The number of benzene rings is 1. The van der Waals surface area contributed by atoms with Crippen molar-refractivity contribution in [2.45, 2.75) is 26.3 Å². The summed E-state index contributed by atoms with van der Waals surface area (Å²) < 4.78 is 29.8. The van der Waals surface area contributed by atoms with Crippen LogP contribution in [0.25, 0.3) is 21.6 Å². The summed E-state index contributed by atoms with van der Waals surface area (Å²) in [5, 5.41) is 7.00. The Kier molecular flexibility index (Phi) is 4.39. The van der Waals surface area contributed by atoms with E-state index in [4.69, 9.17) is 4.98 Å². The lowest BCUT2D eigenvalue weighted by atomic mass is 10.1. The van der Waals surface area contributed by atoms with Gasteiger partial charge in [-0.2, -0.15) is 5.10 Å². The number of carbonyl (C=O) groups excluding carboxylic acids is 1. The minimum absolute atomic E-state index is 0.0623. The summed E-state index contributed by atoms with van der Waals surface area (Å²) in [5.74, 6) is -1.63. The summed E-state index contributed by atoms with van der Waals surface area (Å²) in [5.41, 5.74) is 2.37. The maximum absolute atomic E-state index is 14.2. The molecule has 0 aliphatic carbocycles. The lowest BCUT2D eigenvalue weighted by Crippen LogP contribution is -2.29. The average Bonchev–Trinajstić information content (AvgIpc) is 3.45. The first-order valence-corrected chi connectivity index (χ1v) is 10.5. The van der Waals surface area contributed by atoms with E-state index in [0.29, 0.717) is 40.8 Å². The lowest BCUT2D eigenvalue weighted by molar-refractivity contribution is 0.0991. The number of halogens is 2. The van der Waals surface area contributed by atoms with Gasteiger partial charge in [0.2, 0.25) is 0 Å². The third-order valence-electron chi connectivity index (χ3n) is 5.32. The maximum atomic E-state index is 14.2. The molecule has 0 fully saturated rings. The predicted molar refractivity (Wildman–Crippen MR) is 113 cm³/mol. The Morgan fingerprint density at radius 2 is 2.07 bits per heavy atom. The number of amides is 1. The molecule has 0 spiro atoms. The minimum atomic E-state index is -0.697.